The Morgan fingerprint density at radius 1 is 1.30 bits per heavy atom. The number of nitrogens with one attached hydrogen (secondary N) is 1. The van der Waals surface area contributed by atoms with Crippen molar-refractivity contribution in [2.75, 3.05) is 6.54 Å². The van der Waals surface area contributed by atoms with Gasteiger partial charge in [-0.25, -0.2) is 9.48 Å². The fourth-order valence-corrected chi connectivity index (χ4v) is 3.68. The number of para-hydroxylation sites is 1. The van der Waals surface area contributed by atoms with Gasteiger partial charge in [-0.2, -0.15) is 18.6 Å². The zero-order valence-electron chi connectivity index (χ0n) is 14.0. The van der Waals surface area contributed by atoms with Crippen molar-refractivity contribution in [3.63, 3.8) is 0 Å². The number of hydrogen-bond donors (Lipinski definition) is 1. The van der Waals surface area contributed by atoms with Crippen molar-refractivity contribution in [1.82, 2.24) is 19.7 Å². The number of benzene rings is 1. The largest absolute Gasteiger partial charge is 1.00 e. The molecule has 0 saturated carbocycles. The van der Waals surface area contributed by atoms with E-state index in [0.29, 0.717) is 16.3 Å². The van der Waals surface area contributed by atoms with Crippen molar-refractivity contribution in [3.8, 4) is 5.69 Å². The number of hydroxylamine groups is 2. The Balaban J connectivity index is 0.00000210. The van der Waals surface area contributed by atoms with Crippen LogP contribution >= 0.6 is 0 Å². The van der Waals surface area contributed by atoms with Gasteiger partial charge in [-0.15, -0.1) is 4.28 Å². The van der Waals surface area contributed by atoms with Gasteiger partial charge in [-0.3, -0.25) is 4.55 Å². The van der Waals surface area contributed by atoms with Crippen molar-refractivity contribution in [3.05, 3.63) is 53.5 Å². The summed E-state index contributed by atoms with van der Waals surface area (Å²) in [5, 5.41) is 4.70. The summed E-state index contributed by atoms with van der Waals surface area (Å²) >= 11 is 0. The predicted octanol–water partition coefficient (Wildman–Crippen LogP) is -1.98. The average molecular weight is 401 g/mol. The van der Waals surface area contributed by atoms with Gasteiger partial charge in [0.25, 0.3) is 0 Å². The molecule has 1 saturated heterocycles. The quantitative estimate of drug-likeness (QED) is 0.462. The summed E-state index contributed by atoms with van der Waals surface area (Å²) in [6.07, 6.45) is 1.39. The summed E-state index contributed by atoms with van der Waals surface area (Å²) in [7, 11) is -4.95. The molecule has 136 valence electrons. The number of fused-ring (bicyclic) bond motifs is 4. The molecule has 0 unspecified atom stereocenters. The number of carbonyl (C=O) groups is 2. The van der Waals surface area contributed by atoms with Gasteiger partial charge < -0.3 is 15.4 Å². The van der Waals surface area contributed by atoms with E-state index >= 15 is 0 Å². The zero-order valence-corrected chi connectivity index (χ0v) is 16.8. The molecule has 4 rings (SSSR count). The van der Waals surface area contributed by atoms with Gasteiger partial charge in [-0.05, 0) is 12.1 Å². The first-order chi connectivity index (χ1) is 12.3. The van der Waals surface area contributed by atoms with Crippen LogP contribution in [0.15, 0.2) is 36.5 Å². The van der Waals surface area contributed by atoms with E-state index in [1.165, 1.54) is 10.9 Å². The predicted molar refractivity (Wildman–Crippen MR) is 84.9 cm³/mol. The third kappa shape index (κ3) is 3.24. The molecule has 11 nitrogen and oxygen atoms in total. The topological polar surface area (TPSA) is 146 Å². The summed E-state index contributed by atoms with van der Waals surface area (Å²) in [5.74, 6) is -1.05. The maximum atomic E-state index is 12.5. The molecule has 3 heterocycles. The van der Waals surface area contributed by atoms with Gasteiger partial charge in [0.15, 0.2) is 0 Å². The first kappa shape index (κ1) is 19.8. The average Bonchev–Trinajstić information content (AvgIpc) is 3.11. The van der Waals surface area contributed by atoms with E-state index < -0.39 is 34.4 Å². The van der Waals surface area contributed by atoms with Crippen LogP contribution in [0.3, 0.4) is 0 Å². The van der Waals surface area contributed by atoms with Crippen LogP contribution < -0.4 is 29.6 Å². The standard InChI is InChI=1S/C14H13N5O6S.Na/c15-13(20)12-11-9(6-16-18(11)8-4-2-1-3-5-8)10-7-17(12)14(21)19(10)25-26(22,23)24;/h1-6,10,12H,7H2,(H3,15,20,22,23,24);/q;+1/p-1/t10-,12+;/m1./s1. The molecule has 0 aliphatic carbocycles. The zero-order chi connectivity index (χ0) is 18.6. The monoisotopic (exact) mass is 401 g/mol. The summed E-state index contributed by atoms with van der Waals surface area (Å²) in [5.41, 5.74) is 8.84. The van der Waals surface area contributed by atoms with Crippen LogP contribution in [0.2, 0.25) is 0 Å². The van der Waals surface area contributed by atoms with Crippen molar-refractivity contribution in [2.45, 2.75) is 12.1 Å². The summed E-state index contributed by atoms with van der Waals surface area (Å²) in [4.78, 5) is 25.5. The van der Waals surface area contributed by atoms with Crippen LogP contribution in [0.25, 0.3) is 11.4 Å². The van der Waals surface area contributed by atoms with E-state index in [4.69, 9.17) is 10.3 Å². The van der Waals surface area contributed by atoms with Gasteiger partial charge in [0.2, 0.25) is 0 Å². The van der Waals surface area contributed by atoms with Crippen LogP contribution in [-0.2, 0) is 19.5 Å². The maximum Gasteiger partial charge on any atom is 1.00 e. The molecule has 2 aliphatic rings. The molecule has 1 fully saturated rings. The van der Waals surface area contributed by atoms with Gasteiger partial charge in [-0.1, -0.05) is 18.2 Å². The van der Waals surface area contributed by atoms with Crippen molar-refractivity contribution < 1.29 is 56.4 Å². The maximum absolute atomic E-state index is 12.5. The van der Waals surface area contributed by atoms with E-state index in [0.717, 1.165) is 4.90 Å². The molecule has 3 amide bonds. The third-order valence-electron chi connectivity index (χ3n) is 4.28. The van der Waals surface area contributed by atoms with Crippen LogP contribution in [0, 0.1) is 0 Å². The minimum atomic E-state index is -4.95. The van der Waals surface area contributed by atoms with E-state index in [1.807, 2.05) is 0 Å². The fraction of sp³-hybridized carbons (Fsp3) is 0.214. The minimum Gasteiger partial charge on any atom is -0.666 e. The number of amides is 3. The first-order valence-electron chi connectivity index (χ1n) is 7.43. The Kier molecular flexibility index (Phi) is 5.05. The van der Waals surface area contributed by atoms with Crippen LogP contribution in [0.1, 0.15) is 23.3 Å². The SMILES string of the molecule is [NH-]C(=O)[C@@H]1c2c(cnn2-c2ccccc2)[C@H]2CN1C(=O)N2OS(=O)(=O)O.[Na+]. The molecule has 2 aliphatic heterocycles. The molecular formula is C14H12N5NaO6S. The molecule has 2 N–H and O–H groups in total. The van der Waals surface area contributed by atoms with E-state index in [-0.39, 0.29) is 41.8 Å². The van der Waals surface area contributed by atoms with Crippen molar-refractivity contribution in [1.29, 1.82) is 0 Å². The first-order valence-corrected chi connectivity index (χ1v) is 8.80. The van der Waals surface area contributed by atoms with Gasteiger partial charge in [0, 0.05) is 5.56 Å². The molecule has 13 heteroatoms. The summed E-state index contributed by atoms with van der Waals surface area (Å²) in [6, 6.07) is 5.69. The molecule has 1 aromatic heterocycles. The Hall–Kier alpha value is -1.96. The minimum absolute atomic E-state index is 0. The number of rotatable bonds is 4. The molecule has 2 atom stereocenters. The fourth-order valence-electron chi connectivity index (χ4n) is 3.31. The van der Waals surface area contributed by atoms with Gasteiger partial charge >= 0.3 is 46.0 Å². The van der Waals surface area contributed by atoms with Crippen molar-refractivity contribution >= 4 is 22.3 Å². The summed E-state index contributed by atoms with van der Waals surface area (Å²) < 4.78 is 36.9. The van der Waals surface area contributed by atoms with Crippen LogP contribution in [-0.4, -0.2) is 51.2 Å². The molecule has 1 aromatic carbocycles. The molecule has 0 spiro atoms. The molecular weight excluding hydrogens is 389 g/mol. The van der Waals surface area contributed by atoms with Crippen molar-refractivity contribution in [2.24, 2.45) is 0 Å². The van der Waals surface area contributed by atoms with Gasteiger partial charge in [0.05, 0.1) is 30.0 Å². The molecule has 0 radical (unpaired) electrons. The molecule has 2 bridgehead atoms. The van der Waals surface area contributed by atoms with E-state index in [9.17, 15) is 18.0 Å². The molecule has 2 aromatic rings. The number of carbonyl (C=O) groups excluding carboxylic acids is 2. The Morgan fingerprint density at radius 3 is 2.56 bits per heavy atom. The Bertz CT molecular complexity index is 1010. The smallest absolute Gasteiger partial charge is 0.666 e. The number of aromatic nitrogens is 2. The van der Waals surface area contributed by atoms with E-state index in [2.05, 4.69) is 9.38 Å². The molecule has 27 heavy (non-hydrogen) atoms. The second-order valence-electron chi connectivity index (χ2n) is 5.78. The number of hydrogen-bond acceptors (Lipinski definition) is 6. The Morgan fingerprint density at radius 2 is 1.96 bits per heavy atom. The number of urea groups is 1. The van der Waals surface area contributed by atoms with Crippen LogP contribution in [0.5, 0.6) is 0 Å². The second-order valence-corrected chi connectivity index (χ2v) is 6.78. The normalized spacial score (nSPS) is 21.0. The number of nitrogens with zero attached hydrogens (tertiary/aromatic N) is 4. The van der Waals surface area contributed by atoms with E-state index in [1.54, 1.807) is 30.3 Å². The summed E-state index contributed by atoms with van der Waals surface area (Å²) in [6.45, 7) is -0.0723. The Labute approximate surface area is 175 Å². The third-order valence-corrected chi connectivity index (χ3v) is 4.63. The van der Waals surface area contributed by atoms with Gasteiger partial charge in [0.1, 0.15) is 12.1 Å². The van der Waals surface area contributed by atoms with Crippen LogP contribution in [0.4, 0.5) is 4.79 Å². The second kappa shape index (κ2) is 6.89.